The van der Waals surface area contributed by atoms with Crippen LogP contribution in [0, 0.1) is 0 Å². The highest BCUT2D eigenvalue weighted by molar-refractivity contribution is 5.63. The fourth-order valence-electron chi connectivity index (χ4n) is 3.16. The van der Waals surface area contributed by atoms with Gasteiger partial charge in [0.15, 0.2) is 11.5 Å². The third kappa shape index (κ3) is 6.39. The number of ether oxygens (including phenoxy) is 3. The van der Waals surface area contributed by atoms with Crippen LogP contribution < -0.4 is 24.4 Å². The standard InChI is InChI=1S/C19H20F3N3O3.C2H4O2/c20-19(21,22)14-2-4-17(25-7-5-23-6-8-25)24-18(14)28-12-13-1-3-15-16(11-13)27-10-9-26-15;1-2(3)4/h1-4,11,23H,5-10,12H2;1H3,(H,3,4). The Morgan fingerprint density at radius 2 is 1.81 bits per heavy atom. The van der Waals surface area contributed by atoms with Crippen LogP contribution in [-0.2, 0) is 17.6 Å². The number of carboxylic acid groups (broad SMARTS) is 1. The molecule has 0 radical (unpaired) electrons. The van der Waals surface area contributed by atoms with E-state index >= 15 is 0 Å². The van der Waals surface area contributed by atoms with E-state index in [0.29, 0.717) is 49.2 Å². The lowest BCUT2D eigenvalue weighted by atomic mass is 10.2. The largest absolute Gasteiger partial charge is 0.486 e. The number of piperazine rings is 1. The van der Waals surface area contributed by atoms with Gasteiger partial charge in [0.2, 0.25) is 5.88 Å². The number of nitrogens with one attached hydrogen (secondary N) is 1. The minimum absolute atomic E-state index is 0.0578. The Kier molecular flexibility index (Phi) is 7.62. The van der Waals surface area contributed by atoms with E-state index in [9.17, 15) is 13.2 Å². The summed E-state index contributed by atoms with van der Waals surface area (Å²) in [5, 5.41) is 10.6. The Morgan fingerprint density at radius 1 is 1.16 bits per heavy atom. The van der Waals surface area contributed by atoms with Gasteiger partial charge in [-0.3, -0.25) is 4.79 Å². The molecule has 1 saturated heterocycles. The second-order valence-corrected chi connectivity index (χ2v) is 7.04. The normalized spacial score (nSPS) is 15.4. The van der Waals surface area contributed by atoms with Crippen molar-refractivity contribution in [3.05, 3.63) is 41.5 Å². The Hall–Kier alpha value is -3.21. The van der Waals surface area contributed by atoms with Crippen LogP contribution in [0.4, 0.5) is 19.0 Å². The molecule has 0 bridgehead atoms. The molecule has 1 fully saturated rings. The van der Waals surface area contributed by atoms with Crippen molar-refractivity contribution in [1.82, 2.24) is 10.3 Å². The SMILES string of the molecule is CC(=O)O.FC(F)(F)c1ccc(N2CCNCC2)nc1OCc1ccc2c(c1)OCCO2. The first-order valence-corrected chi connectivity index (χ1v) is 9.99. The van der Waals surface area contributed by atoms with Crippen molar-refractivity contribution >= 4 is 11.8 Å². The number of fused-ring (bicyclic) bond motifs is 1. The zero-order valence-electron chi connectivity index (χ0n) is 17.4. The fraction of sp³-hybridized carbons (Fsp3) is 0.429. The molecule has 0 saturated carbocycles. The summed E-state index contributed by atoms with van der Waals surface area (Å²) >= 11 is 0. The summed E-state index contributed by atoms with van der Waals surface area (Å²) in [6.07, 6.45) is -4.54. The molecule has 0 aliphatic carbocycles. The molecule has 2 aromatic rings. The van der Waals surface area contributed by atoms with Crippen LogP contribution in [0.1, 0.15) is 18.1 Å². The Balaban J connectivity index is 0.000000668. The summed E-state index contributed by atoms with van der Waals surface area (Å²) in [5.41, 5.74) is -0.212. The van der Waals surface area contributed by atoms with Crippen molar-refractivity contribution in [1.29, 1.82) is 0 Å². The zero-order chi connectivity index (χ0) is 23.1. The van der Waals surface area contributed by atoms with E-state index in [4.69, 9.17) is 24.1 Å². The topological polar surface area (TPSA) is 93.2 Å². The molecule has 0 amide bonds. The number of hydrogen-bond donors (Lipinski definition) is 2. The first kappa shape index (κ1) is 23.5. The molecule has 4 rings (SSSR count). The highest BCUT2D eigenvalue weighted by Gasteiger charge is 2.36. The maximum absolute atomic E-state index is 13.4. The summed E-state index contributed by atoms with van der Waals surface area (Å²) in [6.45, 7) is 4.81. The van der Waals surface area contributed by atoms with Crippen LogP contribution in [0.15, 0.2) is 30.3 Å². The van der Waals surface area contributed by atoms with E-state index in [0.717, 1.165) is 26.1 Å². The van der Waals surface area contributed by atoms with E-state index in [-0.39, 0.29) is 6.61 Å². The fourth-order valence-corrected chi connectivity index (χ4v) is 3.16. The zero-order valence-corrected chi connectivity index (χ0v) is 17.4. The lowest BCUT2D eigenvalue weighted by Gasteiger charge is -2.29. The smallest absolute Gasteiger partial charge is 0.421 e. The van der Waals surface area contributed by atoms with Gasteiger partial charge in [-0.1, -0.05) is 6.07 Å². The molecule has 2 aliphatic heterocycles. The van der Waals surface area contributed by atoms with Gasteiger partial charge in [0.25, 0.3) is 5.97 Å². The van der Waals surface area contributed by atoms with Crippen molar-refractivity contribution in [2.45, 2.75) is 19.7 Å². The number of hydrogen-bond acceptors (Lipinski definition) is 7. The third-order valence-corrected chi connectivity index (χ3v) is 4.57. The number of anilines is 1. The number of halogens is 3. The maximum Gasteiger partial charge on any atom is 0.421 e. The molecule has 8 nitrogen and oxygen atoms in total. The predicted molar refractivity (Wildman–Crippen MR) is 109 cm³/mol. The Labute approximate surface area is 182 Å². The van der Waals surface area contributed by atoms with Gasteiger partial charge in [0.1, 0.15) is 31.2 Å². The number of carboxylic acids is 1. The van der Waals surface area contributed by atoms with E-state index < -0.39 is 23.6 Å². The predicted octanol–water partition coefficient (Wildman–Crippen LogP) is 2.95. The van der Waals surface area contributed by atoms with E-state index in [2.05, 4.69) is 10.3 Å². The van der Waals surface area contributed by atoms with Gasteiger partial charge in [0, 0.05) is 33.1 Å². The summed E-state index contributed by atoms with van der Waals surface area (Å²) in [7, 11) is 0. The summed E-state index contributed by atoms with van der Waals surface area (Å²) in [6, 6.07) is 7.60. The minimum atomic E-state index is -4.54. The summed E-state index contributed by atoms with van der Waals surface area (Å²) < 4.78 is 56.6. The average Bonchev–Trinajstić information content (AvgIpc) is 2.77. The highest BCUT2D eigenvalue weighted by Crippen LogP contribution is 2.37. The van der Waals surface area contributed by atoms with Gasteiger partial charge >= 0.3 is 6.18 Å². The van der Waals surface area contributed by atoms with Crippen molar-refractivity contribution < 1.29 is 37.3 Å². The molecule has 2 aliphatic rings. The number of aliphatic carboxylic acids is 1. The van der Waals surface area contributed by atoms with E-state index in [1.807, 2.05) is 4.90 Å². The van der Waals surface area contributed by atoms with Crippen LogP contribution >= 0.6 is 0 Å². The van der Waals surface area contributed by atoms with Crippen molar-refractivity contribution in [3.63, 3.8) is 0 Å². The number of pyridine rings is 1. The Morgan fingerprint density at radius 3 is 2.47 bits per heavy atom. The number of alkyl halides is 3. The average molecular weight is 455 g/mol. The number of carbonyl (C=O) groups is 1. The molecule has 0 atom stereocenters. The van der Waals surface area contributed by atoms with Crippen LogP contribution in [0.3, 0.4) is 0 Å². The second kappa shape index (κ2) is 10.4. The first-order valence-electron chi connectivity index (χ1n) is 9.99. The van der Waals surface area contributed by atoms with Gasteiger partial charge < -0.3 is 29.5 Å². The second-order valence-electron chi connectivity index (χ2n) is 7.04. The molecule has 174 valence electrons. The van der Waals surface area contributed by atoms with Gasteiger partial charge in [-0.2, -0.15) is 18.2 Å². The lowest BCUT2D eigenvalue weighted by molar-refractivity contribution is -0.139. The monoisotopic (exact) mass is 455 g/mol. The molecular weight excluding hydrogens is 431 g/mol. The van der Waals surface area contributed by atoms with Gasteiger partial charge in [-0.05, 0) is 29.8 Å². The van der Waals surface area contributed by atoms with Crippen LogP contribution in [0.5, 0.6) is 17.4 Å². The summed E-state index contributed by atoms with van der Waals surface area (Å²) in [5.74, 6) is 0.404. The highest BCUT2D eigenvalue weighted by atomic mass is 19.4. The van der Waals surface area contributed by atoms with E-state index in [1.165, 1.54) is 6.07 Å². The van der Waals surface area contributed by atoms with Gasteiger partial charge in [-0.25, -0.2) is 0 Å². The quantitative estimate of drug-likeness (QED) is 0.727. The molecule has 1 aromatic carbocycles. The Bertz CT molecular complexity index is 929. The van der Waals surface area contributed by atoms with Crippen LogP contribution in [-0.4, -0.2) is 55.5 Å². The molecule has 11 heteroatoms. The minimum Gasteiger partial charge on any atom is -0.486 e. The number of aromatic nitrogens is 1. The van der Waals surface area contributed by atoms with Crippen molar-refractivity contribution in [2.24, 2.45) is 0 Å². The lowest BCUT2D eigenvalue weighted by Crippen LogP contribution is -2.43. The molecule has 0 unspecified atom stereocenters. The van der Waals surface area contributed by atoms with Gasteiger partial charge in [-0.15, -0.1) is 0 Å². The number of rotatable bonds is 4. The molecule has 3 heterocycles. The summed E-state index contributed by atoms with van der Waals surface area (Å²) in [4.78, 5) is 15.1. The van der Waals surface area contributed by atoms with Crippen LogP contribution in [0.25, 0.3) is 0 Å². The molecule has 1 aromatic heterocycles. The van der Waals surface area contributed by atoms with Crippen molar-refractivity contribution in [2.75, 3.05) is 44.3 Å². The molecular formula is C21H24F3N3O5. The maximum atomic E-state index is 13.4. The first-order chi connectivity index (χ1) is 15.2. The van der Waals surface area contributed by atoms with Gasteiger partial charge in [0.05, 0.1) is 0 Å². The third-order valence-electron chi connectivity index (χ3n) is 4.57. The van der Waals surface area contributed by atoms with Crippen molar-refractivity contribution in [3.8, 4) is 17.4 Å². The number of nitrogens with zero attached hydrogens (tertiary/aromatic N) is 2. The molecule has 32 heavy (non-hydrogen) atoms. The molecule has 2 N–H and O–H groups in total. The number of benzene rings is 1. The van der Waals surface area contributed by atoms with E-state index in [1.54, 1.807) is 18.2 Å². The molecule has 0 spiro atoms. The van der Waals surface area contributed by atoms with Crippen LogP contribution in [0.2, 0.25) is 0 Å².